The lowest BCUT2D eigenvalue weighted by Gasteiger charge is -2.70. The molecule has 0 aromatic heterocycles. The summed E-state index contributed by atoms with van der Waals surface area (Å²) in [4.78, 5) is 0. The molecule has 0 radical (unpaired) electrons. The van der Waals surface area contributed by atoms with E-state index in [1.807, 2.05) is 6.92 Å². The lowest BCUT2D eigenvalue weighted by Crippen LogP contribution is -2.68. The van der Waals surface area contributed by atoms with Gasteiger partial charge in [0.2, 0.25) is 0 Å². The predicted octanol–water partition coefficient (Wildman–Crippen LogP) is 0.315. The van der Waals surface area contributed by atoms with Gasteiger partial charge >= 0.3 is 0 Å². The Bertz CT molecular complexity index is 1390. The molecule has 6 rings (SSSR count). The molecule has 0 bridgehead atoms. The molecule has 4 saturated carbocycles. The summed E-state index contributed by atoms with van der Waals surface area (Å²) in [5, 5.41) is 118. The Morgan fingerprint density at radius 1 is 0.684 bits per heavy atom. The highest BCUT2D eigenvalue weighted by Gasteiger charge is 2.71. The van der Waals surface area contributed by atoms with E-state index in [1.54, 1.807) is 13.8 Å². The van der Waals surface area contributed by atoms with Crippen LogP contribution in [0.15, 0.2) is 0 Å². The summed E-state index contributed by atoms with van der Waals surface area (Å²) < 4.78 is 24.3. The Kier molecular flexibility index (Phi) is 12.8. The zero-order chi connectivity index (χ0) is 42.4. The predicted molar refractivity (Wildman–Crippen MR) is 204 cm³/mol. The van der Waals surface area contributed by atoms with Gasteiger partial charge in [0, 0.05) is 0 Å². The molecule has 332 valence electrons. The maximum absolute atomic E-state index is 12.2. The second-order valence-corrected chi connectivity index (χ2v) is 21.0. The van der Waals surface area contributed by atoms with Gasteiger partial charge in [0.1, 0.15) is 48.8 Å². The van der Waals surface area contributed by atoms with Crippen LogP contribution in [0.2, 0.25) is 0 Å². The molecule has 15 heteroatoms. The van der Waals surface area contributed by atoms with Crippen molar-refractivity contribution < 1.29 is 75.1 Å². The van der Waals surface area contributed by atoms with E-state index >= 15 is 0 Å². The third-order valence-electron chi connectivity index (χ3n) is 17.1. The van der Waals surface area contributed by atoms with Gasteiger partial charge in [0.05, 0.1) is 42.7 Å². The molecule has 11 N–H and O–H groups in total. The molecule has 0 amide bonds. The topological polar surface area (TPSA) is 259 Å². The molecule has 0 aromatic carbocycles. The van der Waals surface area contributed by atoms with E-state index in [4.69, 9.17) is 18.9 Å². The maximum Gasteiger partial charge on any atom is 0.187 e. The van der Waals surface area contributed by atoms with Crippen molar-refractivity contribution in [3.63, 3.8) is 0 Å². The first-order valence-corrected chi connectivity index (χ1v) is 21.3. The van der Waals surface area contributed by atoms with Crippen LogP contribution in [0.1, 0.15) is 113 Å². The Morgan fingerprint density at radius 2 is 1.26 bits per heavy atom. The molecule has 6 fully saturated rings. The quantitative estimate of drug-likeness (QED) is 0.126. The lowest BCUT2D eigenvalue weighted by atomic mass is 9.35. The highest BCUT2D eigenvalue weighted by molar-refractivity contribution is 5.20. The summed E-state index contributed by atoms with van der Waals surface area (Å²) in [6.45, 7) is 15.0. The highest BCUT2D eigenvalue weighted by atomic mass is 16.8. The average Bonchev–Trinajstić information content (AvgIpc) is 3.52. The number of hydrogen-bond donors (Lipinski definition) is 11. The molecule has 2 aliphatic heterocycles. The first-order valence-electron chi connectivity index (χ1n) is 21.3. The van der Waals surface area contributed by atoms with E-state index in [0.29, 0.717) is 19.3 Å². The molecule has 0 unspecified atom stereocenters. The summed E-state index contributed by atoms with van der Waals surface area (Å²) in [5.74, 6) is -0.00735. The molecular formula is C42H74O15. The minimum atomic E-state index is -1.77. The summed E-state index contributed by atoms with van der Waals surface area (Å²) in [6.07, 6.45) is -11.5. The maximum atomic E-state index is 12.2. The molecule has 0 spiro atoms. The van der Waals surface area contributed by atoms with E-state index in [0.717, 1.165) is 32.1 Å². The van der Waals surface area contributed by atoms with Crippen molar-refractivity contribution >= 4 is 0 Å². The molecule has 6 aliphatic rings. The molecule has 57 heavy (non-hydrogen) atoms. The van der Waals surface area contributed by atoms with Crippen LogP contribution >= 0.6 is 0 Å². The van der Waals surface area contributed by atoms with Gasteiger partial charge < -0.3 is 75.1 Å². The summed E-state index contributed by atoms with van der Waals surface area (Å²) >= 11 is 0. The van der Waals surface area contributed by atoms with E-state index < -0.39 is 110 Å². The van der Waals surface area contributed by atoms with Gasteiger partial charge in [-0.15, -0.1) is 0 Å². The fourth-order valence-electron chi connectivity index (χ4n) is 13.4. The molecular weight excluding hydrogens is 744 g/mol. The first kappa shape index (κ1) is 45.9. The molecule has 4 aliphatic carbocycles. The fourth-order valence-corrected chi connectivity index (χ4v) is 13.4. The van der Waals surface area contributed by atoms with Crippen LogP contribution in [0.5, 0.6) is 0 Å². The van der Waals surface area contributed by atoms with Gasteiger partial charge in [-0.25, -0.2) is 0 Å². The van der Waals surface area contributed by atoms with Crippen molar-refractivity contribution in [1.82, 2.24) is 0 Å². The van der Waals surface area contributed by atoms with Crippen LogP contribution in [0.25, 0.3) is 0 Å². The van der Waals surface area contributed by atoms with E-state index in [9.17, 15) is 56.2 Å². The normalized spacial score (nSPS) is 51.6. The van der Waals surface area contributed by atoms with Crippen LogP contribution in [0, 0.1) is 45.3 Å². The minimum Gasteiger partial charge on any atom is -0.394 e. The monoisotopic (exact) mass is 819 g/mol. The summed E-state index contributed by atoms with van der Waals surface area (Å²) in [6, 6.07) is 0. The van der Waals surface area contributed by atoms with Gasteiger partial charge in [0.15, 0.2) is 12.6 Å². The first-order chi connectivity index (χ1) is 26.3. The van der Waals surface area contributed by atoms with Crippen LogP contribution in [0.3, 0.4) is 0 Å². The number of ether oxygens (including phenoxy) is 4. The third-order valence-corrected chi connectivity index (χ3v) is 17.1. The smallest absolute Gasteiger partial charge is 0.187 e. The molecule has 2 heterocycles. The van der Waals surface area contributed by atoms with Crippen LogP contribution in [-0.4, -0.2) is 160 Å². The van der Waals surface area contributed by atoms with E-state index in [2.05, 4.69) is 34.6 Å². The number of aliphatic hydroxyl groups excluding tert-OH is 9. The number of aliphatic hydroxyl groups is 11. The van der Waals surface area contributed by atoms with Crippen molar-refractivity contribution in [1.29, 1.82) is 0 Å². The van der Waals surface area contributed by atoms with Crippen LogP contribution in [0.4, 0.5) is 0 Å². The number of fused-ring (bicyclic) bond motifs is 5. The largest absolute Gasteiger partial charge is 0.394 e. The Morgan fingerprint density at radius 3 is 1.86 bits per heavy atom. The Balaban J connectivity index is 1.22. The van der Waals surface area contributed by atoms with Gasteiger partial charge in [-0.2, -0.15) is 0 Å². The summed E-state index contributed by atoms with van der Waals surface area (Å²) in [7, 11) is 0. The standard InChI is InChI=1S/C42H74O15/c1-37(2)24-10-15-40(6)25(17-21(45)28-20(9-14-41(28,40)7)42(8,53)16-11-26(46)38(3,4)52)39(24,5)13-12-27(37)56-36-34(32(50)30(48)23(19-44)55-36)57-35-33(51)31(49)29(47)22(18-43)54-35/h20-36,43-53H,9-19H2,1-8H3/t20-,21+,22+,23+,24+,25+,26+,27-,28-,29+,30+,31-,32-,33+,34+,35-,36-,39-,40+,41+,42-/m0/s1. The van der Waals surface area contributed by atoms with Gasteiger partial charge in [0.25, 0.3) is 0 Å². The van der Waals surface area contributed by atoms with Gasteiger partial charge in [-0.3, -0.25) is 0 Å². The minimum absolute atomic E-state index is 0.133. The number of hydrogen-bond acceptors (Lipinski definition) is 15. The lowest BCUT2D eigenvalue weighted by molar-refractivity contribution is -0.378. The molecule has 0 aromatic rings. The molecule has 21 atom stereocenters. The zero-order valence-electron chi connectivity index (χ0n) is 35.1. The van der Waals surface area contributed by atoms with Crippen LogP contribution < -0.4 is 0 Å². The fraction of sp³-hybridized carbons (Fsp3) is 1.00. The second-order valence-electron chi connectivity index (χ2n) is 21.0. The Labute approximate surface area is 337 Å². The van der Waals surface area contributed by atoms with Crippen molar-refractivity contribution in [2.45, 2.75) is 204 Å². The Hall–Kier alpha value is -0.600. The van der Waals surface area contributed by atoms with Crippen molar-refractivity contribution in [3.8, 4) is 0 Å². The average molecular weight is 819 g/mol. The summed E-state index contributed by atoms with van der Waals surface area (Å²) in [5.41, 5.74) is -3.50. The third kappa shape index (κ3) is 7.58. The SMILES string of the molecule is CC(C)(O)[C@H](O)CC[C@](C)(O)[C@H]1CC[C@]2(C)[C@@H]1[C@H](O)C[C@@H]1[C@@]3(C)CC[C@H](O[C@@H]4O[C@H](CO)[C@@H](O)[C@H](O)[C@H]4O[C@@H]4O[C@H](CO)[C@@H](O)[C@H](O)[C@H]4O)C(C)(C)[C@H]3CC[C@]12C. The molecule has 2 saturated heterocycles. The van der Waals surface area contributed by atoms with Crippen molar-refractivity contribution in [3.05, 3.63) is 0 Å². The van der Waals surface area contributed by atoms with Crippen LogP contribution in [-0.2, 0) is 18.9 Å². The molecule has 15 nitrogen and oxygen atoms in total. The van der Waals surface area contributed by atoms with Gasteiger partial charge in [-0.05, 0) is 124 Å². The highest BCUT2D eigenvalue weighted by Crippen LogP contribution is 2.76. The van der Waals surface area contributed by atoms with E-state index in [1.165, 1.54) is 0 Å². The van der Waals surface area contributed by atoms with Gasteiger partial charge in [-0.1, -0.05) is 34.6 Å². The number of rotatable bonds is 11. The van der Waals surface area contributed by atoms with Crippen molar-refractivity contribution in [2.24, 2.45) is 45.3 Å². The zero-order valence-corrected chi connectivity index (χ0v) is 35.1. The van der Waals surface area contributed by atoms with E-state index in [-0.39, 0.29) is 46.3 Å². The van der Waals surface area contributed by atoms with Crippen molar-refractivity contribution in [2.75, 3.05) is 13.2 Å². The second kappa shape index (κ2) is 15.9.